The van der Waals surface area contributed by atoms with Crippen LogP contribution in [0.2, 0.25) is 0 Å². The molecule has 1 N–H and O–H groups in total. The zero-order valence-corrected chi connectivity index (χ0v) is 21.4. The lowest BCUT2D eigenvalue weighted by atomic mass is 10.1. The van der Waals surface area contributed by atoms with Crippen molar-refractivity contribution in [3.63, 3.8) is 0 Å². The summed E-state index contributed by atoms with van der Waals surface area (Å²) in [4.78, 5) is 15.3. The van der Waals surface area contributed by atoms with Gasteiger partial charge in [-0.3, -0.25) is 4.79 Å². The van der Waals surface area contributed by atoms with Gasteiger partial charge in [-0.25, -0.2) is 0 Å². The molecule has 1 amide bonds. The third-order valence-corrected chi connectivity index (χ3v) is 6.49. The van der Waals surface area contributed by atoms with E-state index >= 15 is 0 Å². The summed E-state index contributed by atoms with van der Waals surface area (Å²) in [6, 6.07) is 9.53. The van der Waals surface area contributed by atoms with Gasteiger partial charge in [-0.2, -0.15) is 0 Å². The molecule has 1 heterocycles. The number of benzene rings is 2. The molecule has 1 saturated heterocycles. The van der Waals surface area contributed by atoms with E-state index < -0.39 is 0 Å². The molecule has 0 aliphatic carbocycles. The fourth-order valence-corrected chi connectivity index (χ4v) is 4.54. The van der Waals surface area contributed by atoms with Crippen molar-refractivity contribution >= 4 is 44.7 Å². The number of hydrogen-bond donors (Lipinski definition) is 1. The van der Waals surface area contributed by atoms with Crippen molar-refractivity contribution < 1.29 is 19.0 Å². The van der Waals surface area contributed by atoms with E-state index in [4.69, 9.17) is 26.4 Å². The molecule has 1 aliphatic rings. The van der Waals surface area contributed by atoms with Crippen LogP contribution in [0.25, 0.3) is 0 Å². The second-order valence-corrected chi connectivity index (χ2v) is 9.28. The fourth-order valence-electron chi connectivity index (χ4n) is 3.72. The maximum Gasteiger partial charge on any atom is 0.262 e. The second kappa shape index (κ2) is 10.6. The number of rotatable bonds is 6. The number of halogens is 1. The number of thiocarbonyl (C=S) groups is 1. The molecular weight excluding hydrogens is 492 g/mol. The number of aryl methyl sites for hydroxylation is 1. The van der Waals surface area contributed by atoms with Crippen LogP contribution in [0, 0.1) is 13.8 Å². The molecule has 0 unspecified atom stereocenters. The number of anilines is 1. The van der Waals surface area contributed by atoms with Gasteiger partial charge in [0.15, 0.2) is 18.1 Å². The van der Waals surface area contributed by atoms with Crippen LogP contribution in [-0.4, -0.2) is 54.8 Å². The molecule has 3 rings (SSSR count). The topological polar surface area (TPSA) is 60.0 Å². The highest BCUT2D eigenvalue weighted by atomic mass is 79.9. The number of morpholine rings is 1. The first kappa shape index (κ1) is 24.5. The summed E-state index contributed by atoms with van der Waals surface area (Å²) < 4.78 is 17.8. The van der Waals surface area contributed by atoms with E-state index in [-0.39, 0.29) is 24.7 Å². The molecule has 8 heteroatoms. The standard InChI is InChI=1S/C24H29BrN2O4S/c1-14-7-6-8-20(17(14)4)26-22(28)13-30-23-19(25)9-18(10-21(23)29-5)24(32)27-11-15(2)31-16(3)12-27/h6-10,15-16H,11-13H2,1-5H3,(H,26,28)/t15-,16-/m0/s1. The van der Waals surface area contributed by atoms with Crippen molar-refractivity contribution in [2.24, 2.45) is 0 Å². The van der Waals surface area contributed by atoms with Crippen molar-refractivity contribution in [2.45, 2.75) is 39.9 Å². The van der Waals surface area contributed by atoms with Crippen molar-refractivity contribution in [2.75, 3.05) is 32.1 Å². The lowest BCUT2D eigenvalue weighted by Crippen LogP contribution is -2.47. The Morgan fingerprint density at radius 2 is 1.94 bits per heavy atom. The average molecular weight is 521 g/mol. The number of methoxy groups -OCH3 is 1. The minimum Gasteiger partial charge on any atom is -0.493 e. The minimum atomic E-state index is -0.247. The number of carbonyl (C=O) groups excluding carboxylic acids is 1. The normalized spacial score (nSPS) is 18.2. The maximum absolute atomic E-state index is 12.5. The number of ether oxygens (including phenoxy) is 3. The second-order valence-electron chi connectivity index (χ2n) is 8.04. The highest BCUT2D eigenvalue weighted by Crippen LogP contribution is 2.37. The molecular formula is C24H29BrN2O4S. The van der Waals surface area contributed by atoms with E-state index in [1.807, 2.05) is 58.0 Å². The Morgan fingerprint density at radius 1 is 1.25 bits per heavy atom. The Kier molecular flexibility index (Phi) is 8.14. The van der Waals surface area contributed by atoms with E-state index in [2.05, 4.69) is 26.1 Å². The Hall–Kier alpha value is -2.16. The van der Waals surface area contributed by atoms with Crippen LogP contribution in [0.5, 0.6) is 11.5 Å². The minimum absolute atomic E-state index is 0.111. The molecule has 0 saturated carbocycles. The number of nitrogens with one attached hydrogen (secondary N) is 1. The van der Waals surface area contributed by atoms with Crippen LogP contribution in [0.3, 0.4) is 0 Å². The third-order valence-electron chi connectivity index (χ3n) is 5.41. The Balaban J connectivity index is 1.71. The predicted octanol–water partition coefficient (Wildman–Crippen LogP) is 4.88. The average Bonchev–Trinajstić information content (AvgIpc) is 2.74. The third kappa shape index (κ3) is 5.79. The zero-order valence-electron chi connectivity index (χ0n) is 19.0. The summed E-state index contributed by atoms with van der Waals surface area (Å²) >= 11 is 9.30. The van der Waals surface area contributed by atoms with E-state index in [1.165, 1.54) is 0 Å². The van der Waals surface area contributed by atoms with Crippen molar-refractivity contribution in [3.8, 4) is 11.5 Å². The first-order chi connectivity index (χ1) is 15.2. The van der Waals surface area contributed by atoms with Gasteiger partial charge < -0.3 is 24.4 Å². The van der Waals surface area contributed by atoms with Crippen LogP contribution in [0.4, 0.5) is 5.69 Å². The molecule has 2 atom stereocenters. The molecule has 172 valence electrons. The van der Waals surface area contributed by atoms with Gasteiger partial charge in [-0.15, -0.1) is 0 Å². The summed E-state index contributed by atoms with van der Waals surface area (Å²) in [5.74, 6) is 0.716. The van der Waals surface area contributed by atoms with E-state index in [9.17, 15) is 4.79 Å². The summed E-state index contributed by atoms with van der Waals surface area (Å²) in [5.41, 5.74) is 3.77. The molecule has 32 heavy (non-hydrogen) atoms. The fraction of sp³-hybridized carbons (Fsp3) is 0.417. The van der Waals surface area contributed by atoms with Crippen molar-refractivity contribution in [3.05, 3.63) is 51.5 Å². The van der Waals surface area contributed by atoms with E-state index in [0.29, 0.717) is 16.0 Å². The Bertz CT molecular complexity index is 1000. The number of hydrogen-bond acceptors (Lipinski definition) is 5. The van der Waals surface area contributed by atoms with Crippen LogP contribution in [0.1, 0.15) is 30.5 Å². The number of carbonyl (C=O) groups is 1. The monoisotopic (exact) mass is 520 g/mol. The molecule has 1 aliphatic heterocycles. The SMILES string of the molecule is COc1cc(C(=S)N2C[C@H](C)O[C@@H](C)C2)cc(Br)c1OCC(=O)Nc1cccc(C)c1C. The molecule has 0 spiro atoms. The van der Waals surface area contributed by atoms with Crippen LogP contribution in [-0.2, 0) is 9.53 Å². The summed E-state index contributed by atoms with van der Waals surface area (Å²) in [5, 5.41) is 2.90. The highest BCUT2D eigenvalue weighted by molar-refractivity contribution is 9.10. The van der Waals surface area contributed by atoms with Crippen molar-refractivity contribution in [1.82, 2.24) is 4.90 Å². The molecule has 1 fully saturated rings. The molecule has 2 aromatic rings. The molecule has 0 aromatic heterocycles. The van der Waals surface area contributed by atoms with E-state index in [0.717, 1.165) is 40.5 Å². The van der Waals surface area contributed by atoms with Crippen molar-refractivity contribution in [1.29, 1.82) is 0 Å². The van der Waals surface area contributed by atoms with Gasteiger partial charge in [-0.1, -0.05) is 24.4 Å². The Labute approximate surface area is 203 Å². The summed E-state index contributed by atoms with van der Waals surface area (Å²) in [7, 11) is 1.57. The first-order valence-electron chi connectivity index (χ1n) is 10.5. The summed E-state index contributed by atoms with van der Waals surface area (Å²) in [6.07, 6.45) is 0.223. The molecule has 0 radical (unpaired) electrons. The summed E-state index contributed by atoms with van der Waals surface area (Å²) in [6.45, 7) is 9.39. The van der Waals surface area contributed by atoms with Gasteiger partial charge in [0.1, 0.15) is 4.99 Å². The molecule has 0 bridgehead atoms. The van der Waals surface area contributed by atoms with Crippen LogP contribution >= 0.6 is 28.1 Å². The maximum atomic E-state index is 12.5. The number of amides is 1. The number of nitrogens with zero attached hydrogens (tertiary/aromatic N) is 1. The smallest absolute Gasteiger partial charge is 0.262 e. The zero-order chi connectivity index (χ0) is 23.4. The first-order valence-corrected chi connectivity index (χ1v) is 11.7. The lowest BCUT2D eigenvalue weighted by molar-refractivity contribution is -0.118. The largest absolute Gasteiger partial charge is 0.493 e. The van der Waals surface area contributed by atoms with E-state index in [1.54, 1.807) is 7.11 Å². The highest BCUT2D eigenvalue weighted by Gasteiger charge is 2.26. The van der Waals surface area contributed by atoms with Gasteiger partial charge in [0.05, 0.1) is 23.8 Å². The van der Waals surface area contributed by atoms with Gasteiger partial charge in [0.2, 0.25) is 0 Å². The Morgan fingerprint density at radius 3 is 2.59 bits per heavy atom. The van der Waals surface area contributed by atoms with Gasteiger partial charge in [0, 0.05) is 24.3 Å². The lowest BCUT2D eigenvalue weighted by Gasteiger charge is -2.37. The predicted molar refractivity (Wildman–Crippen MR) is 134 cm³/mol. The molecule has 6 nitrogen and oxygen atoms in total. The van der Waals surface area contributed by atoms with Gasteiger partial charge >= 0.3 is 0 Å². The quantitative estimate of drug-likeness (QED) is 0.548. The van der Waals surface area contributed by atoms with Gasteiger partial charge in [0.25, 0.3) is 5.91 Å². The molecule has 2 aromatic carbocycles. The van der Waals surface area contributed by atoms with Crippen LogP contribution < -0.4 is 14.8 Å². The van der Waals surface area contributed by atoms with Crippen LogP contribution in [0.15, 0.2) is 34.8 Å². The van der Waals surface area contributed by atoms with Gasteiger partial charge in [-0.05, 0) is 73.0 Å².